The zero-order valence-electron chi connectivity index (χ0n) is 8.69. The summed E-state index contributed by atoms with van der Waals surface area (Å²) in [6.07, 6.45) is 1.10. The zero-order valence-corrected chi connectivity index (χ0v) is 10.3. The maximum atomic E-state index is 9.71. The van der Waals surface area contributed by atoms with Gasteiger partial charge in [-0.2, -0.15) is 0 Å². The predicted molar refractivity (Wildman–Crippen MR) is 66.5 cm³/mol. The van der Waals surface area contributed by atoms with Crippen molar-refractivity contribution in [2.45, 2.75) is 31.9 Å². The van der Waals surface area contributed by atoms with Crippen molar-refractivity contribution in [2.24, 2.45) is 5.73 Å². The Morgan fingerprint density at radius 2 is 2.00 bits per heavy atom. The Balaban J connectivity index is 0.00000196. The molecule has 1 aromatic carbocycles. The highest BCUT2D eigenvalue weighted by molar-refractivity contribution is 6.31. The van der Waals surface area contributed by atoms with E-state index in [4.69, 9.17) is 17.3 Å². The molecule has 0 spiro atoms. The van der Waals surface area contributed by atoms with Crippen molar-refractivity contribution < 1.29 is 5.11 Å². The molecule has 0 unspecified atom stereocenters. The molecule has 86 valence electrons. The zero-order chi connectivity index (χ0) is 10.6. The van der Waals surface area contributed by atoms with E-state index in [0.29, 0.717) is 11.4 Å². The van der Waals surface area contributed by atoms with E-state index in [1.165, 1.54) is 0 Å². The van der Waals surface area contributed by atoms with Gasteiger partial charge in [0.2, 0.25) is 0 Å². The van der Waals surface area contributed by atoms with E-state index in [1.807, 2.05) is 25.1 Å². The average molecular weight is 250 g/mol. The first-order chi connectivity index (χ1) is 6.66. The van der Waals surface area contributed by atoms with Gasteiger partial charge in [0.15, 0.2) is 0 Å². The minimum atomic E-state index is -0.514. The highest BCUT2D eigenvalue weighted by Crippen LogP contribution is 2.24. The largest absolute Gasteiger partial charge is 0.391 e. The lowest BCUT2D eigenvalue weighted by atomic mass is 9.99. The van der Waals surface area contributed by atoms with Crippen molar-refractivity contribution in [1.29, 1.82) is 0 Å². The number of nitrogens with two attached hydrogens (primary N) is 1. The Morgan fingerprint density at radius 3 is 2.53 bits per heavy atom. The molecule has 0 saturated heterocycles. The van der Waals surface area contributed by atoms with Gasteiger partial charge in [0.25, 0.3) is 0 Å². The highest BCUT2D eigenvalue weighted by atomic mass is 35.5. The van der Waals surface area contributed by atoms with E-state index < -0.39 is 6.10 Å². The SMILES string of the molecule is CCC[C@@H](O)[C@@H](N)c1ccccc1Cl.Cl. The molecule has 2 atom stereocenters. The van der Waals surface area contributed by atoms with Crippen molar-refractivity contribution in [1.82, 2.24) is 0 Å². The topological polar surface area (TPSA) is 46.2 Å². The van der Waals surface area contributed by atoms with Gasteiger partial charge in [0, 0.05) is 5.02 Å². The van der Waals surface area contributed by atoms with Crippen LogP contribution in [0.1, 0.15) is 31.4 Å². The summed E-state index contributed by atoms with van der Waals surface area (Å²) in [5, 5.41) is 10.3. The fourth-order valence-corrected chi connectivity index (χ4v) is 1.69. The average Bonchev–Trinajstić information content (AvgIpc) is 2.18. The number of benzene rings is 1. The second kappa shape index (κ2) is 7.07. The third-order valence-corrected chi connectivity index (χ3v) is 2.61. The fourth-order valence-electron chi connectivity index (χ4n) is 1.43. The van der Waals surface area contributed by atoms with Gasteiger partial charge < -0.3 is 10.8 Å². The molecule has 1 aromatic rings. The van der Waals surface area contributed by atoms with Crippen molar-refractivity contribution >= 4 is 24.0 Å². The van der Waals surface area contributed by atoms with Crippen LogP contribution < -0.4 is 5.73 Å². The van der Waals surface area contributed by atoms with Gasteiger partial charge in [-0.15, -0.1) is 12.4 Å². The lowest BCUT2D eigenvalue weighted by Gasteiger charge is -2.19. The Kier molecular flexibility index (Phi) is 6.94. The van der Waals surface area contributed by atoms with Crippen LogP contribution in [-0.4, -0.2) is 11.2 Å². The monoisotopic (exact) mass is 249 g/mol. The standard InChI is InChI=1S/C11H16ClNO.ClH/c1-2-5-10(14)11(13)8-6-3-4-7-9(8)12;/h3-4,6-7,10-11,14H,2,5,13H2,1H3;1H/t10-,11+;/m1./s1. The van der Waals surface area contributed by atoms with Crippen LogP contribution in [0.3, 0.4) is 0 Å². The molecule has 0 heterocycles. The summed E-state index contributed by atoms with van der Waals surface area (Å²) in [6, 6.07) is 6.98. The van der Waals surface area contributed by atoms with Gasteiger partial charge in [-0.25, -0.2) is 0 Å². The van der Waals surface area contributed by atoms with E-state index in [-0.39, 0.29) is 18.4 Å². The van der Waals surface area contributed by atoms with Gasteiger partial charge in [-0.05, 0) is 18.1 Å². The number of aliphatic hydroxyl groups is 1. The Hall–Kier alpha value is -0.280. The van der Waals surface area contributed by atoms with Crippen LogP contribution in [0.15, 0.2) is 24.3 Å². The van der Waals surface area contributed by atoms with Crippen molar-refractivity contribution in [3.63, 3.8) is 0 Å². The lowest BCUT2D eigenvalue weighted by Crippen LogP contribution is -2.26. The van der Waals surface area contributed by atoms with Crippen molar-refractivity contribution in [2.75, 3.05) is 0 Å². The predicted octanol–water partition coefficient (Wildman–Crippen LogP) is 2.92. The summed E-state index contributed by atoms with van der Waals surface area (Å²) in [5.41, 5.74) is 6.71. The molecule has 0 aliphatic rings. The molecule has 4 heteroatoms. The van der Waals surface area contributed by atoms with E-state index in [2.05, 4.69) is 0 Å². The van der Waals surface area contributed by atoms with Gasteiger partial charge in [0.1, 0.15) is 0 Å². The van der Waals surface area contributed by atoms with E-state index in [9.17, 15) is 5.11 Å². The maximum Gasteiger partial charge on any atom is 0.0733 e. The van der Waals surface area contributed by atoms with Crippen LogP contribution in [0.2, 0.25) is 5.02 Å². The molecule has 0 saturated carbocycles. The van der Waals surface area contributed by atoms with Gasteiger partial charge >= 0.3 is 0 Å². The fraction of sp³-hybridized carbons (Fsp3) is 0.455. The van der Waals surface area contributed by atoms with Gasteiger partial charge in [0.05, 0.1) is 12.1 Å². The molecule has 3 N–H and O–H groups in total. The normalized spacial score (nSPS) is 14.1. The summed E-state index contributed by atoms with van der Waals surface area (Å²) in [5.74, 6) is 0. The highest BCUT2D eigenvalue weighted by Gasteiger charge is 2.17. The molecule has 0 aliphatic carbocycles. The number of hydrogen-bond donors (Lipinski definition) is 2. The molecule has 0 aromatic heterocycles. The lowest BCUT2D eigenvalue weighted by molar-refractivity contribution is 0.134. The maximum absolute atomic E-state index is 9.71. The molecule has 2 nitrogen and oxygen atoms in total. The van der Waals surface area contributed by atoms with Gasteiger partial charge in [-0.1, -0.05) is 43.1 Å². The molecule has 0 aliphatic heterocycles. The quantitative estimate of drug-likeness (QED) is 0.863. The first-order valence-electron chi connectivity index (χ1n) is 4.85. The first kappa shape index (κ1) is 14.7. The molecular weight excluding hydrogens is 233 g/mol. The van der Waals surface area contributed by atoms with Crippen LogP contribution in [-0.2, 0) is 0 Å². The summed E-state index contributed by atoms with van der Waals surface area (Å²) in [4.78, 5) is 0. The number of halogens is 2. The number of rotatable bonds is 4. The first-order valence-corrected chi connectivity index (χ1v) is 5.22. The molecule has 0 fully saturated rings. The van der Waals surface area contributed by atoms with E-state index in [1.54, 1.807) is 6.07 Å². The van der Waals surface area contributed by atoms with E-state index >= 15 is 0 Å². The second-order valence-corrected chi connectivity index (χ2v) is 3.81. The van der Waals surface area contributed by atoms with Crippen molar-refractivity contribution in [3.05, 3.63) is 34.9 Å². The molecular formula is C11H17Cl2NO. The summed E-state index contributed by atoms with van der Waals surface area (Å²) >= 11 is 5.97. The van der Waals surface area contributed by atoms with Crippen LogP contribution >= 0.6 is 24.0 Å². The molecule has 0 amide bonds. The Morgan fingerprint density at radius 1 is 1.40 bits per heavy atom. The summed E-state index contributed by atoms with van der Waals surface area (Å²) in [6.45, 7) is 2.02. The second-order valence-electron chi connectivity index (χ2n) is 3.40. The van der Waals surface area contributed by atoms with Gasteiger partial charge in [-0.3, -0.25) is 0 Å². The molecule has 15 heavy (non-hydrogen) atoms. The molecule has 1 rings (SSSR count). The van der Waals surface area contributed by atoms with Crippen LogP contribution in [0.25, 0.3) is 0 Å². The Bertz CT molecular complexity index is 294. The minimum Gasteiger partial charge on any atom is -0.391 e. The number of aliphatic hydroxyl groups excluding tert-OH is 1. The third kappa shape index (κ3) is 3.99. The van der Waals surface area contributed by atoms with Crippen LogP contribution in [0, 0.1) is 0 Å². The van der Waals surface area contributed by atoms with Crippen LogP contribution in [0.4, 0.5) is 0 Å². The summed E-state index contributed by atoms with van der Waals surface area (Å²) < 4.78 is 0. The van der Waals surface area contributed by atoms with E-state index in [0.717, 1.165) is 12.0 Å². The van der Waals surface area contributed by atoms with Crippen LogP contribution in [0.5, 0.6) is 0 Å². The van der Waals surface area contributed by atoms with Crippen molar-refractivity contribution in [3.8, 4) is 0 Å². The summed E-state index contributed by atoms with van der Waals surface area (Å²) in [7, 11) is 0. The smallest absolute Gasteiger partial charge is 0.0733 e. The molecule has 0 bridgehead atoms. The molecule has 0 radical (unpaired) electrons. The third-order valence-electron chi connectivity index (χ3n) is 2.26. The Labute approximate surface area is 102 Å². The number of hydrogen-bond acceptors (Lipinski definition) is 2. The minimum absolute atomic E-state index is 0.